The average molecular weight is 409 g/mol. The van der Waals surface area contributed by atoms with E-state index in [0.717, 1.165) is 6.42 Å². The van der Waals surface area contributed by atoms with E-state index in [1.54, 1.807) is 32.3 Å². The molecule has 0 fully saturated rings. The number of nitrogens with one attached hydrogen (secondary N) is 1. The Bertz CT molecular complexity index is 1080. The van der Waals surface area contributed by atoms with Gasteiger partial charge in [-0.1, -0.05) is 6.92 Å². The molecule has 0 aliphatic rings. The Balaban J connectivity index is 1.93. The van der Waals surface area contributed by atoms with Crippen LogP contribution < -0.4 is 15.0 Å². The second-order valence-electron chi connectivity index (χ2n) is 6.86. The topological polar surface area (TPSA) is 110 Å². The standard InChI is InChI=1S/C21H23N5O4/c1-5-13(2)29-15-8-14(19-22-7-6-18(27)25-19)9-16(10-15)30-17-11-23-20(24-12-17)21(28)26(3)4/h6-13H,5H2,1-4H3,(H,22,25,27). The third-order valence-corrected chi connectivity index (χ3v) is 4.20. The normalized spacial score (nSPS) is 11.6. The van der Waals surface area contributed by atoms with Crippen LogP contribution in [0.3, 0.4) is 0 Å². The zero-order valence-corrected chi connectivity index (χ0v) is 17.2. The summed E-state index contributed by atoms with van der Waals surface area (Å²) in [4.78, 5) is 40.0. The maximum absolute atomic E-state index is 11.9. The van der Waals surface area contributed by atoms with Crippen LogP contribution in [0.25, 0.3) is 11.4 Å². The van der Waals surface area contributed by atoms with Crippen molar-refractivity contribution in [1.82, 2.24) is 24.8 Å². The number of H-pyrrole nitrogens is 1. The van der Waals surface area contributed by atoms with Crippen LogP contribution in [0.15, 0.2) is 47.7 Å². The van der Waals surface area contributed by atoms with Crippen LogP contribution in [0.5, 0.6) is 17.2 Å². The van der Waals surface area contributed by atoms with Crippen molar-refractivity contribution in [2.75, 3.05) is 14.1 Å². The Kier molecular flexibility index (Phi) is 6.41. The van der Waals surface area contributed by atoms with Gasteiger partial charge < -0.3 is 19.4 Å². The van der Waals surface area contributed by atoms with Crippen LogP contribution in [-0.2, 0) is 0 Å². The van der Waals surface area contributed by atoms with Gasteiger partial charge in [-0.3, -0.25) is 9.59 Å². The molecule has 9 heteroatoms. The number of hydrogen-bond donors (Lipinski definition) is 1. The minimum Gasteiger partial charge on any atom is -0.491 e. The molecule has 0 saturated carbocycles. The molecule has 1 N–H and O–H groups in total. The number of ether oxygens (including phenoxy) is 2. The molecule has 0 bridgehead atoms. The van der Waals surface area contributed by atoms with Gasteiger partial charge in [0, 0.05) is 38.0 Å². The lowest BCUT2D eigenvalue weighted by atomic mass is 10.2. The first kappa shape index (κ1) is 21.0. The minimum absolute atomic E-state index is 0.00413. The molecule has 1 amide bonds. The summed E-state index contributed by atoms with van der Waals surface area (Å²) in [6.45, 7) is 3.99. The second-order valence-corrected chi connectivity index (χ2v) is 6.86. The molecule has 2 aromatic heterocycles. The highest BCUT2D eigenvalue weighted by Crippen LogP contribution is 2.31. The maximum atomic E-state index is 11.9. The average Bonchev–Trinajstić information content (AvgIpc) is 2.73. The van der Waals surface area contributed by atoms with Crippen molar-refractivity contribution in [2.24, 2.45) is 0 Å². The number of nitrogens with zero attached hydrogens (tertiary/aromatic N) is 4. The Labute approximate surface area is 173 Å². The highest BCUT2D eigenvalue weighted by Gasteiger charge is 2.13. The summed E-state index contributed by atoms with van der Waals surface area (Å²) in [5.74, 6) is 1.55. The SMILES string of the molecule is CCC(C)Oc1cc(Oc2cnc(C(=O)N(C)C)nc2)cc(-c2nccc(=O)[nH]2)c1. The highest BCUT2D eigenvalue weighted by atomic mass is 16.5. The van der Waals surface area contributed by atoms with E-state index in [-0.39, 0.29) is 23.4 Å². The van der Waals surface area contributed by atoms with Crippen LogP contribution in [0.1, 0.15) is 30.9 Å². The molecule has 9 nitrogen and oxygen atoms in total. The monoisotopic (exact) mass is 409 g/mol. The molecule has 30 heavy (non-hydrogen) atoms. The van der Waals surface area contributed by atoms with E-state index >= 15 is 0 Å². The van der Waals surface area contributed by atoms with Crippen molar-refractivity contribution in [1.29, 1.82) is 0 Å². The molecule has 0 aliphatic carbocycles. The van der Waals surface area contributed by atoms with E-state index in [9.17, 15) is 9.59 Å². The van der Waals surface area contributed by atoms with Gasteiger partial charge >= 0.3 is 0 Å². The summed E-state index contributed by atoms with van der Waals surface area (Å²) in [7, 11) is 3.25. The molecular weight excluding hydrogens is 386 g/mol. The zero-order valence-electron chi connectivity index (χ0n) is 17.2. The Morgan fingerprint density at radius 3 is 2.43 bits per heavy atom. The fourth-order valence-electron chi connectivity index (χ4n) is 2.48. The number of carbonyl (C=O) groups excluding carboxylic acids is 1. The molecular formula is C21H23N5O4. The quantitative estimate of drug-likeness (QED) is 0.639. The van der Waals surface area contributed by atoms with Gasteiger partial charge in [0.25, 0.3) is 11.5 Å². The first-order valence-corrected chi connectivity index (χ1v) is 9.44. The molecule has 3 rings (SSSR count). The predicted molar refractivity (Wildman–Crippen MR) is 111 cm³/mol. The number of aromatic nitrogens is 4. The predicted octanol–water partition coefficient (Wildman–Crippen LogP) is 2.90. The van der Waals surface area contributed by atoms with Gasteiger partial charge in [-0.2, -0.15) is 0 Å². The lowest BCUT2D eigenvalue weighted by Gasteiger charge is -2.15. The van der Waals surface area contributed by atoms with E-state index in [1.807, 2.05) is 13.8 Å². The number of benzene rings is 1. The van der Waals surface area contributed by atoms with Gasteiger partial charge in [0.05, 0.1) is 18.5 Å². The van der Waals surface area contributed by atoms with Crippen LogP contribution in [-0.4, -0.2) is 50.9 Å². The summed E-state index contributed by atoms with van der Waals surface area (Å²) in [5, 5.41) is 0. The van der Waals surface area contributed by atoms with Crippen molar-refractivity contribution in [3.8, 4) is 28.6 Å². The van der Waals surface area contributed by atoms with Crippen LogP contribution in [0.4, 0.5) is 0 Å². The summed E-state index contributed by atoms with van der Waals surface area (Å²) in [5.41, 5.74) is 0.370. The fourth-order valence-corrected chi connectivity index (χ4v) is 2.48. The maximum Gasteiger partial charge on any atom is 0.291 e. The van der Waals surface area contributed by atoms with Gasteiger partial charge in [-0.05, 0) is 25.5 Å². The molecule has 1 unspecified atom stereocenters. The number of aromatic amines is 1. The van der Waals surface area contributed by atoms with E-state index in [2.05, 4.69) is 19.9 Å². The molecule has 0 spiro atoms. The molecule has 0 radical (unpaired) electrons. The van der Waals surface area contributed by atoms with Crippen LogP contribution >= 0.6 is 0 Å². The highest BCUT2D eigenvalue weighted by molar-refractivity contribution is 5.89. The summed E-state index contributed by atoms with van der Waals surface area (Å²) in [6, 6.07) is 6.58. The number of amides is 1. The number of carbonyl (C=O) groups is 1. The third-order valence-electron chi connectivity index (χ3n) is 4.20. The molecule has 156 valence electrons. The van der Waals surface area contributed by atoms with Gasteiger partial charge in [0.15, 0.2) is 5.75 Å². The minimum atomic E-state index is -0.299. The number of hydrogen-bond acceptors (Lipinski definition) is 7. The Morgan fingerprint density at radius 2 is 1.80 bits per heavy atom. The van der Waals surface area contributed by atoms with E-state index in [1.165, 1.54) is 29.6 Å². The van der Waals surface area contributed by atoms with Crippen molar-refractivity contribution in [3.05, 3.63) is 59.0 Å². The van der Waals surface area contributed by atoms with Gasteiger partial charge in [-0.25, -0.2) is 15.0 Å². The zero-order chi connectivity index (χ0) is 21.7. The van der Waals surface area contributed by atoms with E-state index < -0.39 is 0 Å². The fraction of sp³-hybridized carbons (Fsp3) is 0.286. The molecule has 2 heterocycles. The van der Waals surface area contributed by atoms with E-state index in [0.29, 0.717) is 28.6 Å². The smallest absolute Gasteiger partial charge is 0.291 e. The third kappa shape index (κ3) is 5.19. The Hall–Kier alpha value is -3.75. The van der Waals surface area contributed by atoms with Crippen molar-refractivity contribution >= 4 is 5.91 Å². The molecule has 3 aromatic rings. The van der Waals surface area contributed by atoms with Gasteiger partial charge in [0.1, 0.15) is 17.3 Å². The summed E-state index contributed by atoms with van der Waals surface area (Å²) < 4.78 is 11.8. The van der Waals surface area contributed by atoms with Crippen molar-refractivity contribution in [3.63, 3.8) is 0 Å². The lowest BCUT2D eigenvalue weighted by molar-refractivity contribution is 0.0815. The van der Waals surface area contributed by atoms with Gasteiger partial charge in [0.2, 0.25) is 5.82 Å². The molecule has 0 aliphatic heterocycles. The first-order valence-electron chi connectivity index (χ1n) is 9.44. The molecule has 1 aromatic carbocycles. The lowest BCUT2D eigenvalue weighted by Crippen LogP contribution is -2.23. The Morgan fingerprint density at radius 1 is 1.10 bits per heavy atom. The van der Waals surface area contributed by atoms with Gasteiger partial charge in [-0.15, -0.1) is 0 Å². The summed E-state index contributed by atoms with van der Waals surface area (Å²) in [6.07, 6.45) is 5.11. The number of rotatable bonds is 7. The van der Waals surface area contributed by atoms with Crippen molar-refractivity contribution in [2.45, 2.75) is 26.4 Å². The van der Waals surface area contributed by atoms with Crippen LogP contribution in [0.2, 0.25) is 0 Å². The second kappa shape index (κ2) is 9.17. The van der Waals surface area contributed by atoms with E-state index in [4.69, 9.17) is 9.47 Å². The van der Waals surface area contributed by atoms with Crippen molar-refractivity contribution < 1.29 is 14.3 Å². The molecule has 0 saturated heterocycles. The largest absolute Gasteiger partial charge is 0.491 e. The summed E-state index contributed by atoms with van der Waals surface area (Å²) >= 11 is 0. The first-order chi connectivity index (χ1) is 14.4. The molecule has 1 atom stereocenters. The van der Waals surface area contributed by atoms with Crippen LogP contribution in [0, 0.1) is 0 Å².